The summed E-state index contributed by atoms with van der Waals surface area (Å²) in [6.07, 6.45) is 1.63. The van der Waals surface area contributed by atoms with Gasteiger partial charge in [-0.15, -0.1) is 0 Å². The largest absolute Gasteiger partial charge is 0.379 e. The van der Waals surface area contributed by atoms with Crippen LogP contribution < -0.4 is 5.32 Å². The number of ether oxygens (including phenoxy) is 4. The maximum Gasteiger partial charge on any atom is 0.219 e. The molecule has 0 heterocycles. The van der Waals surface area contributed by atoms with E-state index < -0.39 is 0 Å². The van der Waals surface area contributed by atoms with E-state index in [-0.39, 0.29) is 18.3 Å². The fourth-order valence-electron chi connectivity index (χ4n) is 1.60. The van der Waals surface area contributed by atoms with Crippen LogP contribution in [0.25, 0.3) is 0 Å². The Kier molecular flexibility index (Phi) is 16.6. The highest BCUT2D eigenvalue weighted by Crippen LogP contribution is 1.94. The lowest BCUT2D eigenvalue weighted by molar-refractivity contribution is -0.124. The number of hydrogen-bond donors (Lipinski definition) is 1. The molecule has 0 aliphatic heterocycles. The molecule has 0 unspecified atom stereocenters. The van der Waals surface area contributed by atoms with Crippen molar-refractivity contribution in [1.82, 2.24) is 5.32 Å². The molecule has 0 bridgehead atoms. The van der Waals surface area contributed by atoms with Crippen LogP contribution in [-0.2, 0) is 28.5 Å². The van der Waals surface area contributed by atoms with E-state index in [1.54, 1.807) is 6.92 Å². The molecule has 0 aromatic rings. The molecule has 7 nitrogen and oxygen atoms in total. The van der Waals surface area contributed by atoms with Gasteiger partial charge < -0.3 is 24.3 Å². The van der Waals surface area contributed by atoms with Gasteiger partial charge >= 0.3 is 0 Å². The summed E-state index contributed by atoms with van der Waals surface area (Å²) in [4.78, 5) is 22.5. The van der Waals surface area contributed by atoms with Gasteiger partial charge in [-0.1, -0.05) is 6.92 Å². The van der Waals surface area contributed by atoms with Crippen molar-refractivity contribution in [3.05, 3.63) is 0 Å². The lowest BCUT2D eigenvalue weighted by Crippen LogP contribution is -2.26. The highest BCUT2D eigenvalue weighted by Gasteiger charge is 2.02. The van der Waals surface area contributed by atoms with Gasteiger partial charge in [0, 0.05) is 32.6 Å². The first kappa shape index (κ1) is 22.0. The normalized spacial score (nSPS) is 10.7. The van der Waals surface area contributed by atoms with Gasteiger partial charge in [-0.3, -0.25) is 9.59 Å². The summed E-state index contributed by atoms with van der Waals surface area (Å²) < 4.78 is 21.0. The fraction of sp³-hybridized carbons (Fsp3) is 0.875. The van der Waals surface area contributed by atoms with Crippen molar-refractivity contribution in [3.63, 3.8) is 0 Å². The smallest absolute Gasteiger partial charge is 0.219 e. The Morgan fingerprint density at radius 3 is 2.17 bits per heavy atom. The first-order valence-electron chi connectivity index (χ1n) is 8.30. The molecular weight excluding hydrogens is 302 g/mol. The number of ketones is 1. The SMILES string of the molecule is CCOCCOCCCC(=O)COCCOCCNC(=O)CC. The Hall–Kier alpha value is -1.02. The first-order chi connectivity index (χ1) is 11.2. The van der Waals surface area contributed by atoms with Crippen molar-refractivity contribution in [3.8, 4) is 0 Å². The monoisotopic (exact) mass is 333 g/mol. The first-order valence-corrected chi connectivity index (χ1v) is 8.30. The molecule has 0 aromatic carbocycles. The third-order valence-corrected chi connectivity index (χ3v) is 2.85. The average Bonchev–Trinajstić information content (AvgIpc) is 2.56. The standard InChI is InChI=1S/C16H31NO6/c1-3-16(19)17-7-9-22-12-13-23-14-15(18)6-5-8-21-11-10-20-4-2/h3-14H2,1-2H3,(H,17,19). The van der Waals surface area contributed by atoms with Gasteiger partial charge in [0.25, 0.3) is 0 Å². The van der Waals surface area contributed by atoms with E-state index in [0.29, 0.717) is 72.1 Å². The van der Waals surface area contributed by atoms with Gasteiger partial charge in [0.2, 0.25) is 5.91 Å². The van der Waals surface area contributed by atoms with Crippen molar-refractivity contribution in [2.24, 2.45) is 0 Å². The molecular formula is C16H31NO6. The van der Waals surface area contributed by atoms with Crippen molar-refractivity contribution < 1.29 is 28.5 Å². The second-order valence-electron chi connectivity index (χ2n) is 4.82. The van der Waals surface area contributed by atoms with Crippen LogP contribution in [-0.4, -0.2) is 71.1 Å². The molecule has 0 aromatic heterocycles. The minimum absolute atomic E-state index is 0.0114. The molecule has 0 aliphatic carbocycles. The minimum Gasteiger partial charge on any atom is -0.379 e. The molecule has 1 N–H and O–H groups in total. The zero-order valence-electron chi connectivity index (χ0n) is 14.4. The van der Waals surface area contributed by atoms with Crippen LogP contribution in [0.4, 0.5) is 0 Å². The van der Waals surface area contributed by atoms with Crippen LogP contribution in [0.1, 0.15) is 33.1 Å². The molecule has 0 spiro atoms. The molecule has 0 radical (unpaired) electrons. The van der Waals surface area contributed by atoms with Crippen molar-refractivity contribution in [1.29, 1.82) is 0 Å². The van der Waals surface area contributed by atoms with Crippen LogP contribution >= 0.6 is 0 Å². The van der Waals surface area contributed by atoms with E-state index in [9.17, 15) is 9.59 Å². The average molecular weight is 333 g/mol. The molecule has 0 atom stereocenters. The lowest BCUT2D eigenvalue weighted by Gasteiger charge is -2.07. The number of rotatable bonds is 17. The number of carbonyl (C=O) groups excluding carboxylic acids is 2. The number of nitrogens with one attached hydrogen (secondary N) is 1. The predicted octanol–water partition coefficient (Wildman–Crippen LogP) is 0.948. The summed E-state index contributed by atoms with van der Waals surface area (Å²) in [6, 6.07) is 0. The van der Waals surface area contributed by atoms with Crippen LogP contribution in [0, 0.1) is 0 Å². The lowest BCUT2D eigenvalue weighted by atomic mass is 10.2. The van der Waals surface area contributed by atoms with E-state index in [4.69, 9.17) is 18.9 Å². The fourth-order valence-corrected chi connectivity index (χ4v) is 1.60. The summed E-state index contributed by atoms with van der Waals surface area (Å²) in [6.45, 7) is 7.98. The number of hydrogen-bond acceptors (Lipinski definition) is 6. The van der Waals surface area contributed by atoms with Crippen molar-refractivity contribution in [2.75, 3.05) is 59.4 Å². The molecule has 0 saturated carbocycles. The van der Waals surface area contributed by atoms with Crippen LogP contribution in [0.15, 0.2) is 0 Å². The van der Waals surface area contributed by atoms with Crippen molar-refractivity contribution >= 4 is 11.7 Å². The van der Waals surface area contributed by atoms with Gasteiger partial charge in [0.15, 0.2) is 5.78 Å². The minimum atomic E-state index is 0.0114. The van der Waals surface area contributed by atoms with Gasteiger partial charge in [0.05, 0.1) is 33.0 Å². The Bertz CT molecular complexity index is 298. The van der Waals surface area contributed by atoms with Gasteiger partial charge in [-0.25, -0.2) is 0 Å². The summed E-state index contributed by atoms with van der Waals surface area (Å²) in [7, 11) is 0. The van der Waals surface area contributed by atoms with Gasteiger partial charge in [0.1, 0.15) is 6.61 Å². The second-order valence-corrected chi connectivity index (χ2v) is 4.82. The van der Waals surface area contributed by atoms with E-state index in [1.165, 1.54) is 0 Å². The third kappa shape index (κ3) is 17.2. The summed E-state index contributed by atoms with van der Waals surface area (Å²) >= 11 is 0. The Labute approximate surface area is 139 Å². The molecule has 0 fully saturated rings. The number of Topliss-reactive ketones (excluding diaryl/α,β-unsaturated/α-hetero) is 1. The van der Waals surface area contributed by atoms with Crippen molar-refractivity contribution in [2.45, 2.75) is 33.1 Å². The molecule has 0 aliphatic rings. The Morgan fingerprint density at radius 2 is 1.48 bits per heavy atom. The molecule has 23 heavy (non-hydrogen) atoms. The zero-order valence-corrected chi connectivity index (χ0v) is 14.4. The summed E-state index contributed by atoms with van der Waals surface area (Å²) in [5.41, 5.74) is 0. The highest BCUT2D eigenvalue weighted by atomic mass is 16.5. The molecule has 1 amide bonds. The maximum atomic E-state index is 11.5. The second kappa shape index (κ2) is 17.3. The van der Waals surface area contributed by atoms with Crippen LogP contribution in [0.3, 0.4) is 0 Å². The summed E-state index contributed by atoms with van der Waals surface area (Å²) in [5, 5.41) is 2.71. The summed E-state index contributed by atoms with van der Waals surface area (Å²) in [5.74, 6) is 0.0749. The van der Waals surface area contributed by atoms with E-state index >= 15 is 0 Å². The highest BCUT2D eigenvalue weighted by molar-refractivity contribution is 5.79. The quantitative estimate of drug-likeness (QED) is 0.399. The predicted molar refractivity (Wildman–Crippen MR) is 86.5 cm³/mol. The molecule has 7 heteroatoms. The molecule has 0 saturated heterocycles. The van der Waals surface area contributed by atoms with Gasteiger partial charge in [-0.2, -0.15) is 0 Å². The van der Waals surface area contributed by atoms with Crippen LogP contribution in [0.5, 0.6) is 0 Å². The van der Waals surface area contributed by atoms with E-state index in [0.717, 1.165) is 0 Å². The molecule has 136 valence electrons. The van der Waals surface area contributed by atoms with E-state index in [2.05, 4.69) is 5.32 Å². The topological polar surface area (TPSA) is 83.1 Å². The zero-order chi connectivity index (χ0) is 17.2. The van der Waals surface area contributed by atoms with Crippen LogP contribution in [0.2, 0.25) is 0 Å². The maximum absolute atomic E-state index is 11.5. The van der Waals surface area contributed by atoms with Gasteiger partial charge in [-0.05, 0) is 13.3 Å². The Balaban J connectivity index is 3.20. The molecule has 0 rings (SSSR count). The number of amides is 1. The number of carbonyl (C=O) groups is 2. The third-order valence-electron chi connectivity index (χ3n) is 2.85. The Morgan fingerprint density at radius 1 is 0.826 bits per heavy atom. The van der Waals surface area contributed by atoms with E-state index in [1.807, 2.05) is 6.92 Å².